The van der Waals surface area contributed by atoms with Crippen molar-refractivity contribution in [1.82, 2.24) is 4.90 Å². The molecule has 0 radical (unpaired) electrons. The number of anilines is 1. The van der Waals surface area contributed by atoms with E-state index in [1.54, 1.807) is 47.6 Å². The van der Waals surface area contributed by atoms with Crippen molar-refractivity contribution in [2.24, 2.45) is 0 Å². The fourth-order valence-electron chi connectivity index (χ4n) is 3.01. The number of nitrogens with one attached hydrogen (secondary N) is 1. The van der Waals surface area contributed by atoms with Gasteiger partial charge in [-0.15, -0.1) is 17.8 Å². The number of amides is 2. The van der Waals surface area contributed by atoms with Crippen LogP contribution in [0.25, 0.3) is 0 Å². The first-order valence-electron chi connectivity index (χ1n) is 10.2. The number of urea groups is 1. The Hall–Kier alpha value is -3.63. The van der Waals surface area contributed by atoms with Crippen LogP contribution >= 0.6 is 11.3 Å². The first kappa shape index (κ1) is 23.0. The third-order valence-corrected chi connectivity index (χ3v) is 5.48. The molecule has 0 atom stereocenters. The minimum absolute atomic E-state index is 0.174. The zero-order chi connectivity index (χ0) is 22.8. The second kappa shape index (κ2) is 11.7. The van der Waals surface area contributed by atoms with Crippen molar-refractivity contribution in [1.29, 1.82) is 0 Å². The van der Waals surface area contributed by atoms with Crippen LogP contribution < -0.4 is 19.5 Å². The lowest BCUT2D eigenvalue weighted by Crippen LogP contribution is -2.34. The highest BCUT2D eigenvalue weighted by Crippen LogP contribution is 2.30. The van der Waals surface area contributed by atoms with Gasteiger partial charge in [0, 0.05) is 29.7 Å². The van der Waals surface area contributed by atoms with Gasteiger partial charge in [0.05, 0.1) is 7.11 Å². The van der Waals surface area contributed by atoms with Gasteiger partial charge in [-0.2, -0.15) is 0 Å². The van der Waals surface area contributed by atoms with Crippen molar-refractivity contribution >= 4 is 23.1 Å². The van der Waals surface area contributed by atoms with Crippen LogP contribution in [0.2, 0.25) is 0 Å². The van der Waals surface area contributed by atoms with Crippen molar-refractivity contribution in [2.45, 2.75) is 20.1 Å². The second-order valence-electron chi connectivity index (χ2n) is 6.82. The summed E-state index contributed by atoms with van der Waals surface area (Å²) in [6.45, 7) is 3.56. The molecule has 0 bridgehead atoms. The van der Waals surface area contributed by atoms with Gasteiger partial charge in [-0.05, 0) is 48.2 Å². The van der Waals surface area contributed by atoms with Crippen LogP contribution in [-0.2, 0) is 13.2 Å². The van der Waals surface area contributed by atoms with Crippen LogP contribution in [0.1, 0.15) is 17.4 Å². The molecule has 7 heteroatoms. The van der Waals surface area contributed by atoms with Gasteiger partial charge in [0.15, 0.2) is 11.5 Å². The molecule has 1 aromatic heterocycles. The van der Waals surface area contributed by atoms with Crippen LogP contribution in [0.15, 0.2) is 60.0 Å². The predicted octanol–water partition coefficient (Wildman–Crippen LogP) is 5.40. The largest absolute Gasteiger partial charge is 0.493 e. The number of carbonyl (C=O) groups excluding carboxylic acids is 1. The SMILES string of the molecule is C#CCOc1cccc(NC(=O)N(CC)Cc2ccc(OCc3cccs3)c(OC)c2)c1. The maximum Gasteiger partial charge on any atom is 0.322 e. The fraction of sp³-hybridized carbons (Fsp3) is 0.240. The summed E-state index contributed by atoms with van der Waals surface area (Å²) in [5.74, 6) is 4.33. The normalized spacial score (nSPS) is 10.2. The maximum absolute atomic E-state index is 12.8. The Morgan fingerprint density at radius 2 is 2.00 bits per heavy atom. The van der Waals surface area contributed by atoms with Crippen molar-refractivity contribution in [2.75, 3.05) is 25.6 Å². The van der Waals surface area contributed by atoms with E-state index in [9.17, 15) is 4.79 Å². The summed E-state index contributed by atoms with van der Waals surface area (Å²) in [4.78, 5) is 15.7. The predicted molar refractivity (Wildman–Crippen MR) is 128 cm³/mol. The molecule has 0 saturated heterocycles. The molecule has 2 amide bonds. The molecule has 0 aliphatic carbocycles. The number of methoxy groups -OCH3 is 1. The van der Waals surface area contributed by atoms with E-state index in [0.717, 1.165) is 10.4 Å². The second-order valence-corrected chi connectivity index (χ2v) is 7.85. The lowest BCUT2D eigenvalue weighted by Gasteiger charge is -2.22. The topological polar surface area (TPSA) is 60.0 Å². The molecule has 166 valence electrons. The summed E-state index contributed by atoms with van der Waals surface area (Å²) in [7, 11) is 1.61. The van der Waals surface area contributed by atoms with Gasteiger partial charge < -0.3 is 24.4 Å². The Bertz CT molecular complexity index is 1060. The van der Waals surface area contributed by atoms with E-state index < -0.39 is 0 Å². The summed E-state index contributed by atoms with van der Waals surface area (Å²) < 4.78 is 16.8. The number of ether oxygens (including phenoxy) is 3. The number of terminal acetylenes is 1. The quantitative estimate of drug-likeness (QED) is 0.420. The molecule has 0 unspecified atom stereocenters. The average Bonchev–Trinajstić information content (AvgIpc) is 3.34. The molecule has 0 aliphatic rings. The maximum atomic E-state index is 12.8. The molecule has 6 nitrogen and oxygen atoms in total. The first-order chi connectivity index (χ1) is 15.6. The number of carbonyl (C=O) groups is 1. The van der Waals surface area contributed by atoms with Crippen LogP contribution in [0.5, 0.6) is 17.2 Å². The van der Waals surface area contributed by atoms with Crippen LogP contribution in [0.3, 0.4) is 0 Å². The summed E-state index contributed by atoms with van der Waals surface area (Å²) >= 11 is 1.65. The number of hydrogen-bond acceptors (Lipinski definition) is 5. The van der Waals surface area contributed by atoms with E-state index in [1.165, 1.54) is 0 Å². The highest BCUT2D eigenvalue weighted by atomic mass is 32.1. The molecule has 32 heavy (non-hydrogen) atoms. The summed E-state index contributed by atoms with van der Waals surface area (Å²) in [6.07, 6.45) is 5.23. The number of hydrogen-bond donors (Lipinski definition) is 1. The van der Waals surface area contributed by atoms with Gasteiger partial charge in [-0.25, -0.2) is 4.79 Å². The van der Waals surface area contributed by atoms with Crippen molar-refractivity contribution < 1.29 is 19.0 Å². The molecule has 1 N–H and O–H groups in total. The number of nitrogens with zero attached hydrogens (tertiary/aromatic N) is 1. The van der Waals surface area contributed by atoms with Gasteiger partial charge >= 0.3 is 6.03 Å². The van der Waals surface area contributed by atoms with Crippen LogP contribution in [-0.4, -0.2) is 31.2 Å². The summed E-state index contributed by atoms with van der Waals surface area (Å²) in [5.41, 5.74) is 1.58. The van der Waals surface area contributed by atoms with Crippen molar-refractivity contribution in [3.8, 4) is 29.6 Å². The summed E-state index contributed by atoms with van der Waals surface area (Å²) in [5, 5.41) is 4.92. The molecule has 0 aliphatic heterocycles. The van der Waals surface area contributed by atoms with Gasteiger partial charge in [0.1, 0.15) is 19.0 Å². The van der Waals surface area contributed by atoms with E-state index >= 15 is 0 Å². The minimum Gasteiger partial charge on any atom is -0.493 e. The molecular formula is C25H26N2O4S. The fourth-order valence-corrected chi connectivity index (χ4v) is 3.63. The molecular weight excluding hydrogens is 424 g/mol. The Morgan fingerprint density at radius 3 is 2.72 bits per heavy atom. The van der Waals surface area contributed by atoms with E-state index in [-0.39, 0.29) is 12.6 Å². The highest BCUT2D eigenvalue weighted by molar-refractivity contribution is 7.09. The zero-order valence-corrected chi connectivity index (χ0v) is 19.0. The molecule has 1 heterocycles. The van der Waals surface area contributed by atoms with E-state index in [4.69, 9.17) is 20.6 Å². The van der Waals surface area contributed by atoms with E-state index in [0.29, 0.717) is 42.6 Å². The molecule has 3 aromatic rings. The Balaban J connectivity index is 1.64. The zero-order valence-electron chi connectivity index (χ0n) is 18.2. The number of benzene rings is 2. The molecule has 2 aromatic carbocycles. The van der Waals surface area contributed by atoms with E-state index in [2.05, 4.69) is 11.2 Å². The first-order valence-corrected chi connectivity index (χ1v) is 11.0. The van der Waals surface area contributed by atoms with Gasteiger partial charge in [-0.1, -0.05) is 24.1 Å². The number of thiophene rings is 1. The lowest BCUT2D eigenvalue weighted by atomic mass is 10.2. The monoisotopic (exact) mass is 450 g/mol. The number of rotatable bonds is 10. The van der Waals surface area contributed by atoms with Gasteiger partial charge in [0.2, 0.25) is 0 Å². The van der Waals surface area contributed by atoms with Gasteiger partial charge in [-0.3, -0.25) is 0 Å². The smallest absolute Gasteiger partial charge is 0.322 e. The Kier molecular flexibility index (Phi) is 8.41. The molecule has 0 fully saturated rings. The Labute approximate surface area is 192 Å². The molecule has 3 rings (SSSR count). The van der Waals surface area contributed by atoms with Crippen LogP contribution in [0, 0.1) is 12.3 Å². The third kappa shape index (κ3) is 6.43. The van der Waals surface area contributed by atoms with Crippen molar-refractivity contribution in [3.05, 3.63) is 70.4 Å². The molecule has 0 saturated carbocycles. The highest BCUT2D eigenvalue weighted by Gasteiger charge is 2.15. The van der Waals surface area contributed by atoms with Crippen LogP contribution in [0.4, 0.5) is 10.5 Å². The van der Waals surface area contributed by atoms with E-state index in [1.807, 2.05) is 42.6 Å². The van der Waals surface area contributed by atoms with Gasteiger partial charge in [0.25, 0.3) is 0 Å². The lowest BCUT2D eigenvalue weighted by molar-refractivity contribution is 0.212. The Morgan fingerprint density at radius 1 is 1.12 bits per heavy atom. The molecule has 0 spiro atoms. The third-order valence-electron chi connectivity index (χ3n) is 4.63. The average molecular weight is 451 g/mol. The summed E-state index contributed by atoms with van der Waals surface area (Å²) in [6, 6.07) is 16.7. The minimum atomic E-state index is -0.210. The van der Waals surface area contributed by atoms with Crippen molar-refractivity contribution in [3.63, 3.8) is 0 Å². The standard InChI is InChI=1S/C25H26N2O4S/c1-4-13-30-21-9-6-8-20(16-21)26-25(28)27(5-2)17-19-11-12-23(24(15-19)29-3)31-18-22-10-7-14-32-22/h1,6-12,14-16H,5,13,17-18H2,2-3H3,(H,26,28).